The van der Waals surface area contributed by atoms with E-state index in [1.165, 1.54) is 0 Å². The molecular weight excluding hydrogens is 300 g/mol. The number of aliphatic imine (C=N–C) groups is 2. The molecule has 0 amide bonds. The molecule has 6 heteroatoms. The van der Waals surface area contributed by atoms with Crippen molar-refractivity contribution in [2.24, 2.45) is 9.98 Å². The Kier molecular flexibility index (Phi) is 12.3. The Morgan fingerprint density at radius 1 is 0.810 bits per heavy atom. The lowest BCUT2D eigenvalue weighted by molar-refractivity contribution is 0.902. The molecule has 0 saturated carbocycles. The fraction of sp³-hybridized carbons (Fsp3) is 0.600. The lowest BCUT2D eigenvalue weighted by Crippen LogP contribution is -2.09. The number of nitrogens with zero attached hydrogens (tertiary/aromatic N) is 2. The van der Waals surface area contributed by atoms with Gasteiger partial charge in [-0.15, -0.1) is 25.3 Å². The SMILES string of the molecule is CCN/C(S)=C/N=C(\CC)C/C(CC)=N/C=C(\S)NCC. The quantitative estimate of drug-likeness (QED) is 0.365. The van der Waals surface area contributed by atoms with Crippen LogP contribution in [0.5, 0.6) is 0 Å². The first-order valence-electron chi connectivity index (χ1n) is 7.44. The maximum atomic E-state index is 4.49. The number of nitrogens with one attached hydrogen (secondary N) is 2. The maximum absolute atomic E-state index is 4.49. The highest BCUT2D eigenvalue weighted by molar-refractivity contribution is 7.84. The van der Waals surface area contributed by atoms with Gasteiger partial charge in [0, 0.05) is 30.9 Å². The molecule has 0 aromatic carbocycles. The van der Waals surface area contributed by atoms with Crippen molar-refractivity contribution in [3.05, 3.63) is 22.5 Å². The number of rotatable bonds is 10. The summed E-state index contributed by atoms with van der Waals surface area (Å²) in [6.45, 7) is 9.94. The molecule has 0 aliphatic heterocycles. The minimum absolute atomic E-state index is 0.778. The van der Waals surface area contributed by atoms with Crippen LogP contribution in [0.4, 0.5) is 0 Å². The molecule has 0 atom stereocenters. The van der Waals surface area contributed by atoms with Crippen molar-refractivity contribution in [2.75, 3.05) is 13.1 Å². The Balaban J connectivity index is 4.83. The van der Waals surface area contributed by atoms with Crippen molar-refractivity contribution in [3.8, 4) is 0 Å². The minimum Gasteiger partial charge on any atom is -0.379 e. The Bertz CT molecular complexity index is 374. The zero-order valence-electron chi connectivity index (χ0n) is 13.5. The van der Waals surface area contributed by atoms with Gasteiger partial charge in [-0.05, 0) is 26.7 Å². The van der Waals surface area contributed by atoms with Crippen molar-refractivity contribution in [1.82, 2.24) is 10.6 Å². The molecule has 0 aliphatic rings. The second kappa shape index (κ2) is 12.8. The van der Waals surface area contributed by atoms with Gasteiger partial charge in [0.15, 0.2) is 0 Å². The van der Waals surface area contributed by atoms with Crippen molar-refractivity contribution >= 4 is 36.7 Å². The molecule has 0 heterocycles. The molecule has 0 unspecified atom stereocenters. The summed E-state index contributed by atoms with van der Waals surface area (Å²) in [4.78, 5) is 8.98. The van der Waals surface area contributed by atoms with Gasteiger partial charge in [-0.1, -0.05) is 13.8 Å². The van der Waals surface area contributed by atoms with E-state index < -0.39 is 0 Å². The third-order valence-electron chi connectivity index (χ3n) is 2.68. The third kappa shape index (κ3) is 10.5. The molecule has 0 aromatic rings. The average Bonchev–Trinajstić information content (AvgIpc) is 2.47. The summed E-state index contributed by atoms with van der Waals surface area (Å²) in [5.41, 5.74) is 2.19. The molecule has 0 aliphatic carbocycles. The van der Waals surface area contributed by atoms with Gasteiger partial charge in [0.2, 0.25) is 0 Å². The summed E-state index contributed by atoms with van der Waals surface area (Å²) in [5.74, 6) is 0. The predicted molar refractivity (Wildman–Crippen MR) is 102 cm³/mol. The highest BCUT2D eigenvalue weighted by Gasteiger charge is 2.02. The Morgan fingerprint density at radius 2 is 1.19 bits per heavy atom. The molecule has 0 saturated heterocycles. The monoisotopic (exact) mass is 328 g/mol. The Hall–Kier alpha value is -0.880. The fourth-order valence-electron chi connectivity index (χ4n) is 1.52. The van der Waals surface area contributed by atoms with Crippen molar-refractivity contribution in [1.29, 1.82) is 0 Å². The molecule has 0 rings (SSSR count). The second-order valence-electron chi connectivity index (χ2n) is 4.36. The van der Waals surface area contributed by atoms with Crippen LogP contribution in [0.25, 0.3) is 0 Å². The van der Waals surface area contributed by atoms with E-state index in [1.54, 1.807) is 12.4 Å². The maximum Gasteiger partial charge on any atom is 0.0836 e. The molecule has 2 N–H and O–H groups in total. The van der Waals surface area contributed by atoms with E-state index in [9.17, 15) is 0 Å². The summed E-state index contributed by atoms with van der Waals surface area (Å²) in [6, 6.07) is 0. The molecular formula is C15H28N4S2. The predicted octanol–water partition coefficient (Wildman–Crippen LogP) is 3.75. The minimum atomic E-state index is 0.778. The van der Waals surface area contributed by atoms with E-state index in [1.807, 2.05) is 13.8 Å². The van der Waals surface area contributed by atoms with E-state index in [0.29, 0.717) is 0 Å². The second-order valence-corrected chi connectivity index (χ2v) is 5.33. The van der Waals surface area contributed by atoms with E-state index in [-0.39, 0.29) is 0 Å². The van der Waals surface area contributed by atoms with Crippen LogP contribution in [0.15, 0.2) is 32.4 Å². The van der Waals surface area contributed by atoms with Gasteiger partial charge in [-0.2, -0.15) is 0 Å². The molecule has 0 spiro atoms. The first-order valence-corrected chi connectivity index (χ1v) is 8.33. The first-order chi connectivity index (χ1) is 10.1. The van der Waals surface area contributed by atoms with Gasteiger partial charge in [0.1, 0.15) is 0 Å². The smallest absolute Gasteiger partial charge is 0.0836 e. The number of hydrogen-bond donors (Lipinski definition) is 4. The molecule has 0 bridgehead atoms. The van der Waals surface area contributed by atoms with Crippen LogP contribution in [-0.4, -0.2) is 24.5 Å². The number of thiol groups is 2. The molecule has 0 fully saturated rings. The largest absolute Gasteiger partial charge is 0.379 e. The Labute approximate surface area is 140 Å². The zero-order valence-corrected chi connectivity index (χ0v) is 15.3. The van der Waals surface area contributed by atoms with Crippen molar-refractivity contribution in [2.45, 2.75) is 47.0 Å². The molecule has 0 aromatic heterocycles. The van der Waals surface area contributed by atoms with Crippen LogP contribution >= 0.6 is 25.3 Å². The lowest BCUT2D eigenvalue weighted by atomic mass is 10.1. The third-order valence-corrected chi connectivity index (χ3v) is 3.23. The lowest BCUT2D eigenvalue weighted by Gasteiger charge is -2.06. The van der Waals surface area contributed by atoms with Crippen LogP contribution in [-0.2, 0) is 0 Å². The van der Waals surface area contributed by atoms with Crippen LogP contribution in [0.3, 0.4) is 0 Å². The van der Waals surface area contributed by atoms with Gasteiger partial charge in [0.25, 0.3) is 0 Å². The van der Waals surface area contributed by atoms with Crippen molar-refractivity contribution in [3.63, 3.8) is 0 Å². The van der Waals surface area contributed by atoms with Crippen molar-refractivity contribution < 1.29 is 0 Å². The summed E-state index contributed by atoms with van der Waals surface area (Å²) >= 11 is 8.63. The number of hydrogen-bond acceptors (Lipinski definition) is 6. The standard InChI is InChI=1S/C15H28N4S2/c1-5-12(18-10-14(20)16-7-3)9-13(6-2)19-11-15(21)17-8-4/h10-11,16-17,20-21H,5-9H2,1-4H3/b14-10-,15-11-,18-12+,19-13+. The average molecular weight is 329 g/mol. The van der Waals surface area contributed by atoms with Crippen LogP contribution in [0.1, 0.15) is 47.0 Å². The Morgan fingerprint density at radius 3 is 1.48 bits per heavy atom. The van der Waals surface area contributed by atoms with Gasteiger partial charge in [0.05, 0.1) is 22.5 Å². The van der Waals surface area contributed by atoms with E-state index in [2.05, 4.69) is 59.7 Å². The van der Waals surface area contributed by atoms with Gasteiger partial charge in [-0.3, -0.25) is 9.98 Å². The van der Waals surface area contributed by atoms with Crippen LogP contribution < -0.4 is 10.6 Å². The summed E-state index contributed by atoms with van der Waals surface area (Å²) in [6.07, 6.45) is 6.09. The highest BCUT2D eigenvalue weighted by Crippen LogP contribution is 2.04. The fourth-order valence-corrected chi connectivity index (χ4v) is 1.95. The van der Waals surface area contributed by atoms with E-state index in [4.69, 9.17) is 0 Å². The summed E-state index contributed by atoms with van der Waals surface area (Å²) < 4.78 is 0. The topological polar surface area (TPSA) is 48.8 Å². The molecule has 4 nitrogen and oxygen atoms in total. The van der Waals surface area contributed by atoms with Gasteiger partial charge in [-0.25, -0.2) is 0 Å². The van der Waals surface area contributed by atoms with Gasteiger partial charge >= 0.3 is 0 Å². The van der Waals surface area contributed by atoms with Crippen LogP contribution in [0, 0.1) is 0 Å². The molecule has 120 valence electrons. The van der Waals surface area contributed by atoms with E-state index >= 15 is 0 Å². The molecule has 21 heavy (non-hydrogen) atoms. The van der Waals surface area contributed by atoms with Crippen LogP contribution in [0.2, 0.25) is 0 Å². The van der Waals surface area contributed by atoms with Gasteiger partial charge < -0.3 is 10.6 Å². The summed E-state index contributed by atoms with van der Waals surface area (Å²) in [5, 5.41) is 7.77. The zero-order chi connectivity index (χ0) is 16.1. The highest BCUT2D eigenvalue weighted by atomic mass is 32.1. The van der Waals surface area contributed by atoms with E-state index in [0.717, 1.165) is 53.8 Å². The normalized spacial score (nSPS) is 14.4. The molecule has 0 radical (unpaired) electrons. The first kappa shape index (κ1) is 20.1. The summed E-state index contributed by atoms with van der Waals surface area (Å²) in [7, 11) is 0.